The third kappa shape index (κ3) is 5.40. The molecule has 0 bridgehead atoms. The van der Waals surface area contributed by atoms with Crippen molar-refractivity contribution in [3.8, 4) is 0 Å². The van der Waals surface area contributed by atoms with E-state index in [4.69, 9.17) is 27.9 Å². The number of esters is 1. The van der Waals surface area contributed by atoms with Crippen molar-refractivity contribution in [2.75, 3.05) is 34.9 Å². The highest BCUT2D eigenvalue weighted by Gasteiger charge is 2.60. The Morgan fingerprint density at radius 2 is 1.65 bits per heavy atom. The van der Waals surface area contributed by atoms with Crippen molar-refractivity contribution in [2.45, 2.75) is 103 Å². The molecule has 0 aromatic heterocycles. The second-order valence-electron chi connectivity index (χ2n) is 17.3. The predicted molar refractivity (Wildman–Crippen MR) is 229 cm³/mol. The molecule has 1 N–H and O–H groups in total. The van der Waals surface area contributed by atoms with E-state index < -0.39 is 25.6 Å². The summed E-state index contributed by atoms with van der Waals surface area (Å²) >= 11 is 16.1. The summed E-state index contributed by atoms with van der Waals surface area (Å²) in [5, 5.41) is 12.7. The van der Waals surface area contributed by atoms with Crippen LogP contribution in [0.2, 0.25) is 22.6 Å². The Balaban J connectivity index is 1.45. The molecule has 0 radical (unpaired) electrons. The van der Waals surface area contributed by atoms with Crippen molar-refractivity contribution in [1.82, 2.24) is 0 Å². The van der Waals surface area contributed by atoms with Crippen LogP contribution in [0.25, 0.3) is 11.1 Å². The minimum atomic E-state index is -2.65. The van der Waals surface area contributed by atoms with Crippen LogP contribution >= 0.6 is 35.0 Å². The number of aliphatic carboxylic acids is 1. The number of carboxylic acids is 1. The largest absolute Gasteiger partial charge is 0.481 e. The number of carbonyl (C=O) groups is 2. The number of benzene rings is 3. The van der Waals surface area contributed by atoms with E-state index in [1.165, 1.54) is 44.0 Å². The van der Waals surface area contributed by atoms with Gasteiger partial charge >= 0.3 is 11.9 Å². The standard InChI is InChI=1S/C44H50Cl2N2O4SSi/c1-25-23-42(3,4)47(7)34-22-35-30(20-28(25)34)44(38-33(46)15-14-32(45)37(38)41(51)52-44)31-21-29-26(2)24-43(5,6)48-16-11-12-27(39(29)48)40(31)54(35,8)19-18-53-17-10-9-13-36(49)50/h14-15,20-24H,9-13,16-19H2,1-8H3,(H,49,50). The molecular formula is C44H50Cl2N2O4SSi. The van der Waals surface area contributed by atoms with E-state index in [-0.39, 0.29) is 17.5 Å². The molecule has 284 valence electrons. The molecule has 0 aliphatic carbocycles. The SMILES string of the molecule is CC1=CC(C)(C)N(C)c2cc3c(cc21)C1(OC(=O)c2c(Cl)ccc(Cl)c21)c1cc2c4c(c1[Si]3(C)CCSCCCCC(=O)O)CCCN4C(C)(C)C=C2C. The number of rotatable bonds is 8. The lowest BCUT2D eigenvalue weighted by atomic mass is 9.74. The minimum Gasteiger partial charge on any atom is -0.481 e. The van der Waals surface area contributed by atoms with Crippen LogP contribution < -0.4 is 20.2 Å². The number of allylic oxidation sites excluding steroid dienone is 2. The van der Waals surface area contributed by atoms with Crippen LogP contribution in [0, 0.1) is 0 Å². The number of anilines is 2. The lowest BCUT2D eigenvalue weighted by Gasteiger charge is -2.52. The van der Waals surface area contributed by atoms with Gasteiger partial charge in [0, 0.05) is 64.2 Å². The molecular weight excluding hydrogens is 752 g/mol. The fourth-order valence-corrected chi connectivity index (χ4v) is 17.5. The average molecular weight is 802 g/mol. The highest BCUT2D eigenvalue weighted by atomic mass is 35.5. The molecule has 3 aromatic carbocycles. The van der Waals surface area contributed by atoms with Gasteiger partial charge in [0.15, 0.2) is 5.60 Å². The zero-order chi connectivity index (χ0) is 38.7. The first-order valence-corrected chi connectivity index (χ1v) is 23.9. The summed E-state index contributed by atoms with van der Waals surface area (Å²) in [4.78, 5) is 30.5. The molecule has 0 saturated heterocycles. The molecule has 0 amide bonds. The summed E-state index contributed by atoms with van der Waals surface area (Å²) in [6.45, 7) is 17.1. The number of fused-ring (bicyclic) bond motifs is 8. The van der Waals surface area contributed by atoms with E-state index in [1.54, 1.807) is 6.07 Å². The van der Waals surface area contributed by atoms with E-state index in [2.05, 4.69) is 95.3 Å². The van der Waals surface area contributed by atoms with Crippen LogP contribution in [0.5, 0.6) is 0 Å². The smallest absolute Gasteiger partial charge is 0.341 e. The number of carbonyl (C=O) groups excluding carboxylic acids is 1. The molecule has 2 atom stereocenters. The van der Waals surface area contributed by atoms with Crippen LogP contribution in [-0.2, 0) is 21.6 Å². The number of nitrogens with zero attached hydrogens (tertiary/aromatic N) is 2. The third-order valence-electron chi connectivity index (χ3n) is 13.0. The van der Waals surface area contributed by atoms with E-state index in [0.717, 1.165) is 60.0 Å². The average Bonchev–Trinajstić information content (AvgIpc) is 3.43. The Kier molecular flexibility index (Phi) is 9.04. The molecule has 5 heterocycles. The summed E-state index contributed by atoms with van der Waals surface area (Å²) in [7, 11) is -0.469. The normalized spacial score (nSPS) is 23.9. The van der Waals surface area contributed by atoms with E-state index in [9.17, 15) is 14.7 Å². The molecule has 10 heteroatoms. The number of hydrogen-bond acceptors (Lipinski definition) is 6. The second kappa shape index (κ2) is 12.9. The monoisotopic (exact) mass is 800 g/mol. The number of likely N-dealkylation sites (N-methyl/N-ethyl adjacent to an activating group) is 1. The zero-order valence-corrected chi connectivity index (χ0v) is 36.0. The maximum atomic E-state index is 14.3. The van der Waals surface area contributed by atoms with Gasteiger partial charge in [-0.15, -0.1) is 0 Å². The van der Waals surface area contributed by atoms with Gasteiger partial charge in [-0.3, -0.25) is 4.79 Å². The minimum absolute atomic E-state index is 0.144. The van der Waals surface area contributed by atoms with Crippen molar-refractivity contribution < 1.29 is 19.4 Å². The van der Waals surface area contributed by atoms with E-state index >= 15 is 0 Å². The van der Waals surface area contributed by atoms with Crippen molar-refractivity contribution >= 4 is 87.9 Å². The van der Waals surface area contributed by atoms with Gasteiger partial charge in [0.25, 0.3) is 0 Å². The third-order valence-corrected chi connectivity index (χ3v) is 19.6. The Morgan fingerprint density at radius 3 is 2.39 bits per heavy atom. The maximum absolute atomic E-state index is 14.3. The number of carboxylic acid groups (broad SMARTS) is 1. The predicted octanol–water partition coefficient (Wildman–Crippen LogP) is 9.53. The van der Waals surface area contributed by atoms with Gasteiger partial charge in [0.1, 0.15) is 8.07 Å². The molecule has 3 aromatic rings. The van der Waals surface area contributed by atoms with Gasteiger partial charge in [-0.1, -0.05) is 41.9 Å². The lowest BCUT2D eigenvalue weighted by molar-refractivity contribution is -0.137. The van der Waals surface area contributed by atoms with Crippen LogP contribution in [-0.4, -0.2) is 61.3 Å². The van der Waals surface area contributed by atoms with Crippen molar-refractivity contribution in [3.05, 3.63) is 91.5 Å². The van der Waals surface area contributed by atoms with E-state index in [1.807, 2.05) is 17.8 Å². The molecule has 54 heavy (non-hydrogen) atoms. The van der Waals surface area contributed by atoms with Crippen LogP contribution in [0.1, 0.15) is 111 Å². The Labute approximate surface area is 334 Å². The van der Waals surface area contributed by atoms with Crippen LogP contribution in [0.4, 0.5) is 11.4 Å². The zero-order valence-electron chi connectivity index (χ0n) is 32.6. The van der Waals surface area contributed by atoms with Gasteiger partial charge in [-0.2, -0.15) is 11.8 Å². The number of hydrogen-bond donors (Lipinski definition) is 1. The van der Waals surface area contributed by atoms with E-state index in [0.29, 0.717) is 27.6 Å². The van der Waals surface area contributed by atoms with Crippen molar-refractivity contribution in [3.63, 3.8) is 0 Å². The molecule has 0 saturated carbocycles. The molecule has 2 unspecified atom stereocenters. The fraction of sp³-hybridized carbons (Fsp3) is 0.455. The van der Waals surface area contributed by atoms with Crippen molar-refractivity contribution in [1.29, 1.82) is 0 Å². The summed E-state index contributed by atoms with van der Waals surface area (Å²) in [5.74, 6) is 0.698. The Hall–Kier alpha value is -3.17. The van der Waals surface area contributed by atoms with Gasteiger partial charge in [0.2, 0.25) is 0 Å². The summed E-state index contributed by atoms with van der Waals surface area (Å²) in [6.07, 6.45) is 8.48. The topological polar surface area (TPSA) is 70.1 Å². The van der Waals surface area contributed by atoms with Crippen LogP contribution in [0.15, 0.2) is 42.5 Å². The fourth-order valence-electron chi connectivity index (χ4n) is 10.3. The number of ether oxygens (including phenoxy) is 1. The lowest BCUT2D eigenvalue weighted by Crippen LogP contribution is -2.67. The molecule has 5 aliphatic rings. The number of thioether (sulfide) groups is 1. The van der Waals surface area contributed by atoms with Gasteiger partial charge in [-0.25, -0.2) is 4.79 Å². The van der Waals surface area contributed by atoms with Gasteiger partial charge in [0.05, 0.1) is 21.7 Å². The highest BCUT2D eigenvalue weighted by Crippen LogP contribution is 2.57. The number of unbranched alkanes of at least 4 members (excludes halogenated alkanes) is 1. The maximum Gasteiger partial charge on any atom is 0.341 e. The quantitative estimate of drug-likeness (QED) is 0.138. The van der Waals surface area contributed by atoms with Gasteiger partial charge < -0.3 is 19.6 Å². The first-order valence-electron chi connectivity index (χ1n) is 19.3. The Bertz CT molecular complexity index is 2230. The van der Waals surface area contributed by atoms with Crippen molar-refractivity contribution in [2.24, 2.45) is 0 Å². The molecule has 5 aliphatic heterocycles. The first kappa shape index (κ1) is 37.7. The first-order chi connectivity index (χ1) is 25.4. The van der Waals surface area contributed by atoms with Gasteiger partial charge in [-0.05, 0) is 142 Å². The number of halogens is 2. The molecule has 1 spiro atoms. The second-order valence-corrected chi connectivity index (χ2v) is 23.5. The van der Waals surface area contributed by atoms with Crippen LogP contribution in [0.3, 0.4) is 0 Å². The Morgan fingerprint density at radius 1 is 0.963 bits per heavy atom. The molecule has 8 rings (SSSR count). The molecule has 6 nitrogen and oxygen atoms in total. The molecule has 0 fully saturated rings. The highest BCUT2D eigenvalue weighted by molar-refractivity contribution is 7.99. The summed E-state index contributed by atoms with van der Waals surface area (Å²) in [6, 6.07) is 11.6. The summed E-state index contributed by atoms with van der Waals surface area (Å²) in [5.41, 5.74) is 10.1. The summed E-state index contributed by atoms with van der Waals surface area (Å²) < 4.78 is 6.96.